The van der Waals surface area contributed by atoms with Gasteiger partial charge in [0.2, 0.25) is 5.95 Å². The van der Waals surface area contributed by atoms with E-state index < -0.39 is 0 Å². The Hall–Kier alpha value is -3.82. The lowest BCUT2D eigenvalue weighted by Gasteiger charge is -2.28. The summed E-state index contributed by atoms with van der Waals surface area (Å²) in [7, 11) is 3.97. The second-order valence-corrected chi connectivity index (χ2v) is 9.00. The molecule has 2 aromatic carbocycles. The Morgan fingerprint density at radius 3 is 2.67 bits per heavy atom. The van der Waals surface area contributed by atoms with Crippen molar-refractivity contribution in [1.82, 2.24) is 25.2 Å². The van der Waals surface area contributed by atoms with Gasteiger partial charge in [-0.05, 0) is 44.4 Å². The van der Waals surface area contributed by atoms with Crippen molar-refractivity contribution < 1.29 is 9.13 Å². The van der Waals surface area contributed by atoms with E-state index in [2.05, 4.69) is 25.5 Å². The first kappa shape index (κ1) is 23.9. The van der Waals surface area contributed by atoms with Crippen LogP contribution < -0.4 is 20.3 Å². The third kappa shape index (κ3) is 5.53. The van der Waals surface area contributed by atoms with Crippen molar-refractivity contribution >= 4 is 28.4 Å². The number of anilines is 3. The number of nitrogens with zero attached hydrogens (tertiary/aromatic N) is 5. The minimum Gasteiger partial charge on any atom is -0.492 e. The Bertz CT molecular complexity index is 1320. The molecule has 36 heavy (non-hydrogen) atoms. The number of piperazine rings is 1. The van der Waals surface area contributed by atoms with Crippen molar-refractivity contribution in [3.63, 3.8) is 0 Å². The van der Waals surface area contributed by atoms with Gasteiger partial charge in [0.25, 0.3) is 0 Å². The van der Waals surface area contributed by atoms with Gasteiger partial charge in [0.1, 0.15) is 24.0 Å². The molecule has 0 radical (unpaired) electrons. The zero-order chi connectivity index (χ0) is 24.9. The smallest absolute Gasteiger partial charge is 0.227 e. The predicted octanol–water partition coefficient (Wildman–Crippen LogP) is 3.92. The summed E-state index contributed by atoms with van der Waals surface area (Å²) in [6.07, 6.45) is 3.52. The number of aromatic nitrogens is 3. The average Bonchev–Trinajstić information content (AvgIpc) is 2.90. The van der Waals surface area contributed by atoms with E-state index in [1.807, 2.05) is 49.3 Å². The van der Waals surface area contributed by atoms with Crippen molar-refractivity contribution in [2.24, 2.45) is 0 Å². The molecule has 0 spiro atoms. The molecule has 1 fully saturated rings. The van der Waals surface area contributed by atoms with Gasteiger partial charge in [0.05, 0.1) is 17.4 Å². The molecule has 186 valence electrons. The van der Waals surface area contributed by atoms with E-state index in [1.165, 1.54) is 6.07 Å². The van der Waals surface area contributed by atoms with Gasteiger partial charge in [-0.25, -0.2) is 19.3 Å². The SMILES string of the molecule is CN(C)CCOc1ccc(F)c(-c2cccc3cnc(Nc4ccc(N5CCNCC5)nc4)nc23)c1. The molecule has 3 heterocycles. The normalized spacial score (nSPS) is 13.8. The quantitative estimate of drug-likeness (QED) is 0.387. The maximum atomic E-state index is 14.9. The molecule has 4 aromatic rings. The lowest BCUT2D eigenvalue weighted by atomic mass is 10.0. The van der Waals surface area contributed by atoms with Crippen molar-refractivity contribution in [1.29, 1.82) is 0 Å². The second kappa shape index (κ2) is 10.8. The third-order valence-corrected chi connectivity index (χ3v) is 6.09. The van der Waals surface area contributed by atoms with E-state index in [-0.39, 0.29) is 5.82 Å². The minimum absolute atomic E-state index is 0.330. The van der Waals surface area contributed by atoms with Gasteiger partial charge in [-0.2, -0.15) is 0 Å². The Kier molecular flexibility index (Phi) is 7.20. The molecule has 0 unspecified atom stereocenters. The van der Waals surface area contributed by atoms with Crippen LogP contribution in [0.3, 0.4) is 0 Å². The van der Waals surface area contributed by atoms with Crippen molar-refractivity contribution in [3.8, 4) is 16.9 Å². The number of fused-ring (bicyclic) bond motifs is 1. The first-order chi connectivity index (χ1) is 17.6. The molecule has 8 nitrogen and oxygen atoms in total. The zero-order valence-electron chi connectivity index (χ0n) is 20.5. The number of pyridine rings is 1. The number of ether oxygens (including phenoxy) is 1. The largest absolute Gasteiger partial charge is 0.492 e. The molecule has 0 aliphatic carbocycles. The molecule has 0 amide bonds. The topological polar surface area (TPSA) is 78.4 Å². The van der Waals surface area contributed by atoms with Gasteiger partial charge in [0.15, 0.2) is 0 Å². The standard InChI is InChI=1S/C27H30FN7O/c1-34(2)14-15-36-21-7-8-24(28)23(16-21)22-5-3-4-19-17-31-27(33-26(19)22)32-20-6-9-25(30-18-20)35-12-10-29-11-13-35/h3-9,16-18,29H,10-15H2,1-2H3,(H,31,32,33). The van der Waals surface area contributed by atoms with Crippen LogP contribution >= 0.6 is 0 Å². The number of hydrogen-bond acceptors (Lipinski definition) is 8. The fraction of sp³-hybridized carbons (Fsp3) is 0.296. The molecule has 1 aliphatic rings. The van der Waals surface area contributed by atoms with Gasteiger partial charge >= 0.3 is 0 Å². The molecule has 0 atom stereocenters. The van der Waals surface area contributed by atoms with E-state index in [1.54, 1.807) is 24.5 Å². The monoisotopic (exact) mass is 487 g/mol. The first-order valence-corrected chi connectivity index (χ1v) is 12.1. The molecular weight excluding hydrogens is 457 g/mol. The van der Waals surface area contributed by atoms with Crippen LogP contribution in [0.15, 0.2) is 60.9 Å². The minimum atomic E-state index is -0.330. The summed E-state index contributed by atoms with van der Waals surface area (Å²) in [5.74, 6) is 1.66. The average molecular weight is 488 g/mol. The molecule has 0 bridgehead atoms. The van der Waals surface area contributed by atoms with Crippen LogP contribution in [0.5, 0.6) is 5.75 Å². The van der Waals surface area contributed by atoms with E-state index in [4.69, 9.17) is 9.72 Å². The van der Waals surface area contributed by atoms with Crippen LogP contribution in [0.4, 0.5) is 21.8 Å². The zero-order valence-corrected chi connectivity index (χ0v) is 20.5. The summed E-state index contributed by atoms with van der Waals surface area (Å²) in [4.78, 5) is 18.1. The number of rotatable bonds is 8. The van der Waals surface area contributed by atoms with Crippen LogP contribution in [0.25, 0.3) is 22.0 Å². The summed E-state index contributed by atoms with van der Waals surface area (Å²) in [6.45, 7) is 5.09. The molecular formula is C27H30FN7O. The van der Waals surface area contributed by atoms with E-state index >= 15 is 0 Å². The summed E-state index contributed by atoms with van der Waals surface area (Å²) < 4.78 is 20.8. The summed E-state index contributed by atoms with van der Waals surface area (Å²) in [5.41, 5.74) is 2.56. The van der Waals surface area contributed by atoms with Crippen molar-refractivity contribution in [2.45, 2.75) is 0 Å². The number of para-hydroxylation sites is 1. The second-order valence-electron chi connectivity index (χ2n) is 9.00. The van der Waals surface area contributed by atoms with Crippen LogP contribution in [0, 0.1) is 5.82 Å². The van der Waals surface area contributed by atoms with Gasteiger partial charge in [-0.15, -0.1) is 0 Å². The van der Waals surface area contributed by atoms with Crippen molar-refractivity contribution in [2.75, 3.05) is 63.6 Å². The molecule has 1 aliphatic heterocycles. The maximum absolute atomic E-state index is 14.9. The Labute approximate surface area is 210 Å². The number of halogens is 1. The number of hydrogen-bond donors (Lipinski definition) is 2. The third-order valence-electron chi connectivity index (χ3n) is 6.09. The lowest BCUT2D eigenvalue weighted by molar-refractivity contribution is 0.261. The fourth-order valence-corrected chi connectivity index (χ4v) is 4.15. The van der Waals surface area contributed by atoms with Gasteiger partial charge in [-0.3, -0.25) is 0 Å². The van der Waals surface area contributed by atoms with Gasteiger partial charge < -0.3 is 25.2 Å². The number of likely N-dealkylation sites (N-methyl/N-ethyl adjacent to an activating group) is 1. The van der Waals surface area contributed by atoms with E-state index in [0.29, 0.717) is 34.9 Å². The van der Waals surface area contributed by atoms with Gasteiger partial charge in [0, 0.05) is 55.4 Å². The van der Waals surface area contributed by atoms with Crippen LogP contribution in [-0.4, -0.2) is 73.3 Å². The lowest BCUT2D eigenvalue weighted by Crippen LogP contribution is -2.43. The molecule has 9 heteroatoms. The maximum Gasteiger partial charge on any atom is 0.227 e. The molecule has 2 aromatic heterocycles. The molecule has 2 N–H and O–H groups in total. The fourth-order valence-electron chi connectivity index (χ4n) is 4.15. The first-order valence-electron chi connectivity index (χ1n) is 12.1. The summed E-state index contributed by atoms with van der Waals surface area (Å²) >= 11 is 0. The highest BCUT2D eigenvalue weighted by atomic mass is 19.1. The predicted molar refractivity (Wildman–Crippen MR) is 142 cm³/mol. The number of benzene rings is 2. The van der Waals surface area contributed by atoms with Gasteiger partial charge in [-0.1, -0.05) is 18.2 Å². The van der Waals surface area contributed by atoms with Crippen LogP contribution in [-0.2, 0) is 0 Å². The highest BCUT2D eigenvalue weighted by Gasteiger charge is 2.14. The Balaban J connectivity index is 1.40. The van der Waals surface area contributed by atoms with E-state index in [0.717, 1.165) is 49.6 Å². The van der Waals surface area contributed by atoms with Crippen molar-refractivity contribution in [3.05, 3.63) is 66.7 Å². The molecule has 5 rings (SSSR count). The highest BCUT2D eigenvalue weighted by molar-refractivity contribution is 5.94. The molecule has 0 saturated carbocycles. The van der Waals surface area contributed by atoms with Crippen LogP contribution in [0.2, 0.25) is 0 Å². The Morgan fingerprint density at radius 1 is 1.03 bits per heavy atom. The van der Waals surface area contributed by atoms with Crippen LogP contribution in [0.1, 0.15) is 0 Å². The highest BCUT2D eigenvalue weighted by Crippen LogP contribution is 2.32. The number of nitrogens with one attached hydrogen (secondary N) is 2. The Morgan fingerprint density at radius 2 is 1.89 bits per heavy atom. The van der Waals surface area contributed by atoms with E-state index in [9.17, 15) is 4.39 Å². The summed E-state index contributed by atoms with van der Waals surface area (Å²) in [6, 6.07) is 14.4. The molecule has 1 saturated heterocycles. The summed E-state index contributed by atoms with van der Waals surface area (Å²) in [5, 5.41) is 7.40.